The summed E-state index contributed by atoms with van der Waals surface area (Å²) in [7, 11) is -4.04. The Labute approximate surface area is 233 Å². The van der Waals surface area contributed by atoms with Crippen molar-refractivity contribution in [3.8, 4) is 22.6 Å². The van der Waals surface area contributed by atoms with Crippen LogP contribution in [0, 0.1) is 5.82 Å². The van der Waals surface area contributed by atoms with Gasteiger partial charge in [-0.15, -0.1) is 0 Å². The molecule has 3 heterocycles. The minimum absolute atomic E-state index is 0.0893. The third-order valence-corrected chi connectivity index (χ3v) is 8.52. The molecule has 1 amide bonds. The van der Waals surface area contributed by atoms with Crippen molar-refractivity contribution in [3.05, 3.63) is 96.2 Å². The lowest BCUT2D eigenvalue weighted by Crippen LogP contribution is -2.45. The summed E-state index contributed by atoms with van der Waals surface area (Å²) < 4.78 is 79.9. The van der Waals surface area contributed by atoms with E-state index in [4.69, 9.17) is 0 Å². The molecule has 0 saturated carbocycles. The first-order valence-corrected chi connectivity index (χ1v) is 14.0. The normalized spacial score (nSPS) is 16.0. The first-order chi connectivity index (χ1) is 19.5. The molecule has 5 rings (SSSR count). The summed E-state index contributed by atoms with van der Waals surface area (Å²) in [4.78, 5) is 26.0. The van der Waals surface area contributed by atoms with Crippen molar-refractivity contribution in [1.29, 1.82) is 0 Å². The first-order valence-electron chi connectivity index (χ1n) is 12.5. The molecule has 2 aromatic carbocycles. The van der Waals surface area contributed by atoms with Gasteiger partial charge in [-0.1, -0.05) is 12.1 Å². The predicted molar refractivity (Wildman–Crippen MR) is 141 cm³/mol. The number of pyridine rings is 1. The highest BCUT2D eigenvalue weighted by molar-refractivity contribution is 7.89. The quantitative estimate of drug-likeness (QED) is 0.312. The molecule has 1 aliphatic heterocycles. The fraction of sp³-hybridized carbons (Fsp3) is 0.214. The van der Waals surface area contributed by atoms with Gasteiger partial charge in [0.05, 0.1) is 28.4 Å². The van der Waals surface area contributed by atoms with E-state index < -0.39 is 39.5 Å². The third kappa shape index (κ3) is 6.25. The molecule has 1 aliphatic rings. The summed E-state index contributed by atoms with van der Waals surface area (Å²) in [5, 5.41) is 2.73. The maximum Gasteiger partial charge on any atom is 0.416 e. The fourth-order valence-corrected chi connectivity index (χ4v) is 6.18. The van der Waals surface area contributed by atoms with E-state index in [0.717, 1.165) is 40.7 Å². The van der Waals surface area contributed by atoms with Gasteiger partial charge in [-0.05, 0) is 67.4 Å². The van der Waals surface area contributed by atoms with Crippen LogP contribution in [0.1, 0.15) is 24.1 Å². The van der Waals surface area contributed by atoms with Crippen LogP contribution >= 0.6 is 0 Å². The number of hydrogen-bond acceptors (Lipinski definition) is 6. The number of nitrogens with one attached hydrogen (secondary N) is 1. The van der Waals surface area contributed by atoms with Gasteiger partial charge < -0.3 is 5.32 Å². The standard InChI is InChI=1S/C28H23F4N5O3S/c29-21-7-9-23(10-8-21)41(39,40)37-15-1-2-25(37)27(38)34-17-22-16-24(18-3-5-20(6-4-18)28(30,31)32)36-26(35-22)19-11-13-33-14-12-19/h3-14,16,25H,1-2,15,17H2,(H,34,38). The molecule has 1 atom stereocenters. The summed E-state index contributed by atoms with van der Waals surface area (Å²) in [5.41, 5.74) is 0.922. The molecular formula is C28H23F4N5O3S. The Bertz CT molecular complexity index is 1650. The number of sulfonamides is 1. The summed E-state index contributed by atoms with van der Waals surface area (Å²) in [6.45, 7) is 0.0452. The van der Waals surface area contributed by atoms with Crippen LogP contribution in [0.25, 0.3) is 22.6 Å². The Hall–Kier alpha value is -4.23. The van der Waals surface area contributed by atoms with Crippen molar-refractivity contribution in [2.24, 2.45) is 0 Å². The molecule has 1 saturated heterocycles. The van der Waals surface area contributed by atoms with Gasteiger partial charge in [0.1, 0.15) is 11.9 Å². The van der Waals surface area contributed by atoms with Gasteiger partial charge in [0.25, 0.3) is 0 Å². The lowest BCUT2D eigenvalue weighted by atomic mass is 10.1. The molecule has 1 unspecified atom stereocenters. The highest BCUT2D eigenvalue weighted by Crippen LogP contribution is 2.31. The summed E-state index contributed by atoms with van der Waals surface area (Å²) in [6.07, 6.45) is -0.631. The Balaban J connectivity index is 1.39. The van der Waals surface area contributed by atoms with Crippen molar-refractivity contribution in [1.82, 2.24) is 24.6 Å². The van der Waals surface area contributed by atoms with Crippen molar-refractivity contribution in [2.75, 3.05) is 6.54 Å². The van der Waals surface area contributed by atoms with Gasteiger partial charge in [-0.25, -0.2) is 22.8 Å². The van der Waals surface area contributed by atoms with Gasteiger partial charge in [-0.2, -0.15) is 17.5 Å². The molecule has 0 spiro atoms. The number of halogens is 4. The molecule has 212 valence electrons. The van der Waals surface area contributed by atoms with E-state index in [9.17, 15) is 30.8 Å². The molecule has 2 aromatic heterocycles. The second-order valence-corrected chi connectivity index (χ2v) is 11.2. The third-order valence-electron chi connectivity index (χ3n) is 6.60. The Morgan fingerprint density at radius 2 is 1.63 bits per heavy atom. The minimum Gasteiger partial charge on any atom is -0.349 e. The Morgan fingerprint density at radius 3 is 2.29 bits per heavy atom. The van der Waals surface area contributed by atoms with Crippen LogP contribution in [-0.4, -0.2) is 46.2 Å². The fourth-order valence-electron chi connectivity index (χ4n) is 4.52. The Kier molecular flexibility index (Phi) is 7.82. The van der Waals surface area contributed by atoms with Crippen LogP contribution < -0.4 is 5.32 Å². The van der Waals surface area contributed by atoms with Crippen LogP contribution in [0.3, 0.4) is 0 Å². The van der Waals surface area contributed by atoms with Crippen molar-refractivity contribution in [3.63, 3.8) is 0 Å². The molecule has 13 heteroatoms. The molecule has 4 aromatic rings. The number of aromatic nitrogens is 3. The summed E-state index contributed by atoms with van der Waals surface area (Å²) in [6, 6.07) is 12.9. The second kappa shape index (κ2) is 11.3. The molecule has 8 nitrogen and oxygen atoms in total. The number of alkyl halides is 3. The lowest BCUT2D eigenvalue weighted by molar-refractivity contribution is -0.137. The van der Waals surface area contributed by atoms with E-state index in [-0.39, 0.29) is 23.8 Å². The van der Waals surface area contributed by atoms with Gasteiger partial charge in [0, 0.05) is 30.1 Å². The summed E-state index contributed by atoms with van der Waals surface area (Å²) in [5.74, 6) is -0.838. The van der Waals surface area contributed by atoms with E-state index in [1.807, 2.05) is 0 Å². The zero-order valence-electron chi connectivity index (χ0n) is 21.3. The number of hydrogen-bond donors (Lipinski definition) is 1. The van der Waals surface area contributed by atoms with Gasteiger partial charge in [0.15, 0.2) is 5.82 Å². The number of amides is 1. The van der Waals surface area contributed by atoms with Crippen molar-refractivity contribution < 1.29 is 30.8 Å². The van der Waals surface area contributed by atoms with Crippen LogP contribution in [0.15, 0.2) is 84.0 Å². The molecular weight excluding hydrogens is 562 g/mol. The van der Waals surface area contributed by atoms with Gasteiger partial charge >= 0.3 is 6.18 Å². The van der Waals surface area contributed by atoms with Crippen molar-refractivity contribution in [2.45, 2.75) is 36.5 Å². The molecule has 0 radical (unpaired) electrons. The minimum atomic E-state index is -4.49. The average Bonchev–Trinajstić information content (AvgIpc) is 3.47. The zero-order valence-corrected chi connectivity index (χ0v) is 22.2. The monoisotopic (exact) mass is 585 g/mol. The Morgan fingerprint density at radius 1 is 0.951 bits per heavy atom. The predicted octanol–water partition coefficient (Wildman–Crippen LogP) is 4.83. The number of benzene rings is 2. The molecule has 1 N–H and O–H groups in total. The highest BCUT2D eigenvalue weighted by Gasteiger charge is 2.39. The van der Waals surface area contributed by atoms with Crippen LogP contribution in [0.4, 0.5) is 17.6 Å². The SMILES string of the molecule is O=C(NCc1cc(-c2ccc(C(F)(F)F)cc2)nc(-c2ccncc2)n1)C1CCCN1S(=O)(=O)c1ccc(F)cc1. The molecule has 41 heavy (non-hydrogen) atoms. The number of nitrogens with zero attached hydrogens (tertiary/aromatic N) is 4. The van der Waals surface area contributed by atoms with Gasteiger partial charge in [0.2, 0.25) is 15.9 Å². The van der Waals surface area contributed by atoms with Crippen LogP contribution in [-0.2, 0) is 27.5 Å². The smallest absolute Gasteiger partial charge is 0.349 e. The van der Waals surface area contributed by atoms with E-state index in [1.165, 1.54) is 12.1 Å². The van der Waals surface area contributed by atoms with Crippen LogP contribution in [0.5, 0.6) is 0 Å². The lowest BCUT2D eigenvalue weighted by Gasteiger charge is -2.23. The molecule has 0 aliphatic carbocycles. The van der Waals surface area contributed by atoms with E-state index in [0.29, 0.717) is 35.4 Å². The number of rotatable bonds is 7. The average molecular weight is 586 g/mol. The largest absolute Gasteiger partial charge is 0.416 e. The van der Waals surface area contributed by atoms with E-state index in [1.54, 1.807) is 30.6 Å². The number of carbonyl (C=O) groups is 1. The molecule has 1 fully saturated rings. The maximum atomic E-state index is 13.3. The topological polar surface area (TPSA) is 105 Å². The summed E-state index contributed by atoms with van der Waals surface area (Å²) >= 11 is 0. The van der Waals surface area contributed by atoms with Crippen molar-refractivity contribution >= 4 is 15.9 Å². The van der Waals surface area contributed by atoms with Crippen LogP contribution in [0.2, 0.25) is 0 Å². The van der Waals surface area contributed by atoms with E-state index in [2.05, 4.69) is 20.3 Å². The molecule has 0 bridgehead atoms. The zero-order chi connectivity index (χ0) is 29.2. The van der Waals surface area contributed by atoms with E-state index >= 15 is 0 Å². The second-order valence-electron chi connectivity index (χ2n) is 9.32. The highest BCUT2D eigenvalue weighted by atomic mass is 32.2. The number of carbonyl (C=O) groups excluding carboxylic acids is 1. The maximum absolute atomic E-state index is 13.3. The van der Waals surface area contributed by atoms with Gasteiger partial charge in [-0.3, -0.25) is 9.78 Å². The first kappa shape index (κ1) is 28.3.